The summed E-state index contributed by atoms with van der Waals surface area (Å²) in [5.74, 6) is 0. The summed E-state index contributed by atoms with van der Waals surface area (Å²) < 4.78 is 35.8. The van der Waals surface area contributed by atoms with Crippen LogP contribution in [0, 0.1) is 6.92 Å². The summed E-state index contributed by atoms with van der Waals surface area (Å²) in [6, 6.07) is 1.97. The lowest BCUT2D eigenvalue weighted by Gasteiger charge is -2.05. The number of aromatic nitrogens is 1. The zero-order valence-electron chi connectivity index (χ0n) is 8.80. The third-order valence-electron chi connectivity index (χ3n) is 1.51. The molecule has 0 unspecified atom stereocenters. The fraction of sp³-hybridized carbons (Fsp3) is 0.364. The molecule has 0 fully saturated rings. The first-order valence-electron chi connectivity index (χ1n) is 4.52. The van der Waals surface area contributed by atoms with Crippen molar-refractivity contribution in [2.45, 2.75) is 26.4 Å². The average Bonchev–Trinajstić information content (AvgIpc) is 2.17. The maximum Gasteiger partial charge on any atom is 0.416 e. The minimum Gasteiger partial charge on any atom is -0.262 e. The van der Waals surface area contributed by atoms with E-state index in [2.05, 4.69) is 18.5 Å². The molecule has 0 aliphatic rings. The molecule has 0 saturated carbocycles. The van der Waals surface area contributed by atoms with E-state index in [9.17, 15) is 13.2 Å². The summed E-state index contributed by atoms with van der Waals surface area (Å²) in [5.41, 5.74) is -0.273. The number of hydrogen-bond acceptors (Lipinski definition) is 1. The maximum absolute atomic E-state index is 11.9. The normalized spacial score (nSPS) is 10.2. The van der Waals surface area contributed by atoms with Crippen LogP contribution >= 0.6 is 0 Å². The van der Waals surface area contributed by atoms with E-state index in [-0.39, 0.29) is 0 Å². The van der Waals surface area contributed by atoms with Crippen molar-refractivity contribution >= 4 is 0 Å². The first-order valence-corrected chi connectivity index (χ1v) is 4.52. The van der Waals surface area contributed by atoms with E-state index >= 15 is 0 Å². The highest BCUT2D eigenvalue weighted by Gasteiger charge is 2.30. The third-order valence-corrected chi connectivity index (χ3v) is 1.51. The first kappa shape index (κ1) is 13.7. The van der Waals surface area contributed by atoms with Crippen LogP contribution in [0.5, 0.6) is 0 Å². The Morgan fingerprint density at radius 3 is 2.27 bits per heavy atom. The van der Waals surface area contributed by atoms with Crippen LogP contribution in [0.2, 0.25) is 0 Å². The second kappa shape index (κ2) is 6.22. The van der Waals surface area contributed by atoms with Crippen molar-refractivity contribution in [3.63, 3.8) is 0 Å². The molecule has 0 bridgehead atoms. The van der Waals surface area contributed by atoms with Gasteiger partial charge in [-0.25, -0.2) is 0 Å². The van der Waals surface area contributed by atoms with Crippen LogP contribution in [0.15, 0.2) is 31.0 Å². The summed E-state index contributed by atoms with van der Waals surface area (Å²) in [7, 11) is 0. The van der Waals surface area contributed by atoms with E-state index in [1.54, 1.807) is 0 Å². The van der Waals surface area contributed by atoms with Gasteiger partial charge in [0.25, 0.3) is 0 Å². The first-order chi connectivity index (χ1) is 6.91. The minimum atomic E-state index is -4.26. The molecular weight excluding hydrogens is 203 g/mol. The second-order valence-electron chi connectivity index (χ2n) is 2.88. The van der Waals surface area contributed by atoms with Crippen LogP contribution in [0.3, 0.4) is 0 Å². The Kier molecular flexibility index (Phi) is 5.67. The smallest absolute Gasteiger partial charge is 0.262 e. The molecule has 0 radical (unpaired) electrons. The van der Waals surface area contributed by atoms with Gasteiger partial charge >= 0.3 is 6.18 Å². The number of aryl methyl sites for hydroxylation is 1. The lowest BCUT2D eigenvalue weighted by molar-refractivity contribution is -0.137. The van der Waals surface area contributed by atoms with E-state index in [1.807, 2.05) is 6.08 Å². The van der Waals surface area contributed by atoms with Gasteiger partial charge in [-0.1, -0.05) is 13.0 Å². The minimum absolute atomic E-state index is 0.375. The lowest BCUT2D eigenvalue weighted by atomic mass is 10.2. The van der Waals surface area contributed by atoms with E-state index in [0.29, 0.717) is 5.69 Å². The highest BCUT2D eigenvalue weighted by Crippen LogP contribution is 2.28. The van der Waals surface area contributed by atoms with Crippen molar-refractivity contribution < 1.29 is 13.2 Å². The second-order valence-corrected chi connectivity index (χ2v) is 2.88. The summed E-state index contributed by atoms with van der Waals surface area (Å²) >= 11 is 0. The van der Waals surface area contributed by atoms with Crippen LogP contribution in [0.1, 0.15) is 24.6 Å². The van der Waals surface area contributed by atoms with Crippen molar-refractivity contribution in [3.05, 3.63) is 42.2 Å². The number of alkyl halides is 3. The third kappa shape index (κ3) is 5.88. The molecule has 1 rings (SSSR count). The largest absolute Gasteiger partial charge is 0.416 e. The van der Waals surface area contributed by atoms with Crippen LogP contribution in [0.25, 0.3) is 0 Å². The van der Waals surface area contributed by atoms with Crippen LogP contribution in [-0.2, 0) is 6.18 Å². The molecule has 0 spiro atoms. The number of halogens is 3. The summed E-state index contributed by atoms with van der Waals surface area (Å²) in [6.07, 6.45) is -0.147. The number of rotatable bonds is 1. The molecule has 1 heterocycles. The molecule has 4 heteroatoms. The molecule has 1 aromatic heterocycles. The van der Waals surface area contributed by atoms with Gasteiger partial charge in [0.2, 0.25) is 0 Å². The van der Waals surface area contributed by atoms with Gasteiger partial charge in [-0.2, -0.15) is 13.2 Å². The van der Waals surface area contributed by atoms with Crippen molar-refractivity contribution in [2.24, 2.45) is 0 Å². The Hall–Kier alpha value is -1.32. The standard InChI is InChI=1S/C7H6F3N.C4H8/c1-5-4-6(2-3-11-5)7(8,9)10;1-3-4-2/h2-4H,1H3;3H,1,4H2,2H3. The van der Waals surface area contributed by atoms with Gasteiger partial charge in [0.15, 0.2) is 0 Å². The number of allylic oxidation sites excluding steroid dienone is 1. The predicted octanol–water partition coefficient (Wildman–Crippen LogP) is 3.99. The van der Waals surface area contributed by atoms with E-state index < -0.39 is 11.7 Å². The number of pyridine rings is 1. The molecule has 0 saturated heterocycles. The molecule has 1 nitrogen and oxygen atoms in total. The average molecular weight is 217 g/mol. The van der Waals surface area contributed by atoms with Gasteiger partial charge in [-0.05, 0) is 25.5 Å². The van der Waals surface area contributed by atoms with E-state index in [1.165, 1.54) is 6.92 Å². The number of nitrogens with zero attached hydrogens (tertiary/aromatic N) is 1. The Bertz CT molecular complexity index is 305. The van der Waals surface area contributed by atoms with E-state index in [4.69, 9.17) is 0 Å². The summed E-state index contributed by atoms with van der Waals surface area (Å²) in [6.45, 7) is 7.06. The van der Waals surface area contributed by atoms with Crippen molar-refractivity contribution in [3.8, 4) is 0 Å². The van der Waals surface area contributed by atoms with E-state index in [0.717, 1.165) is 24.8 Å². The van der Waals surface area contributed by atoms with Crippen LogP contribution in [0.4, 0.5) is 13.2 Å². The molecule has 0 atom stereocenters. The van der Waals surface area contributed by atoms with Crippen molar-refractivity contribution in [1.82, 2.24) is 4.98 Å². The predicted molar refractivity (Wildman–Crippen MR) is 54.5 cm³/mol. The SMILES string of the molecule is C=CCC.Cc1cc(C(F)(F)F)ccn1. The highest BCUT2D eigenvalue weighted by atomic mass is 19.4. The fourth-order valence-electron chi connectivity index (χ4n) is 0.722. The zero-order chi connectivity index (χ0) is 11.9. The highest BCUT2D eigenvalue weighted by molar-refractivity contribution is 5.18. The molecule has 0 aliphatic carbocycles. The molecule has 0 N–H and O–H groups in total. The molecule has 0 aromatic carbocycles. The van der Waals surface area contributed by atoms with Gasteiger partial charge in [-0.3, -0.25) is 4.98 Å². The topological polar surface area (TPSA) is 12.9 Å². The molecule has 1 aromatic rings. The molecule has 84 valence electrons. The fourth-order valence-corrected chi connectivity index (χ4v) is 0.722. The Morgan fingerprint density at radius 1 is 1.47 bits per heavy atom. The molecule has 0 aliphatic heterocycles. The van der Waals surface area contributed by atoms with Gasteiger partial charge in [-0.15, -0.1) is 6.58 Å². The monoisotopic (exact) mass is 217 g/mol. The van der Waals surface area contributed by atoms with Gasteiger partial charge in [0, 0.05) is 11.9 Å². The van der Waals surface area contributed by atoms with Gasteiger partial charge in [0.1, 0.15) is 0 Å². The summed E-state index contributed by atoms with van der Waals surface area (Å²) in [4.78, 5) is 3.65. The quantitative estimate of drug-likeness (QED) is 0.648. The van der Waals surface area contributed by atoms with Gasteiger partial charge < -0.3 is 0 Å². The number of hydrogen-bond donors (Lipinski definition) is 0. The Balaban J connectivity index is 0.000000423. The Morgan fingerprint density at radius 2 is 2.00 bits per heavy atom. The van der Waals surface area contributed by atoms with Crippen LogP contribution in [-0.4, -0.2) is 4.98 Å². The maximum atomic E-state index is 11.9. The van der Waals surface area contributed by atoms with Crippen molar-refractivity contribution in [2.75, 3.05) is 0 Å². The summed E-state index contributed by atoms with van der Waals surface area (Å²) in [5, 5.41) is 0. The molecule has 0 amide bonds. The molecule has 15 heavy (non-hydrogen) atoms. The lowest BCUT2D eigenvalue weighted by Crippen LogP contribution is -2.05. The van der Waals surface area contributed by atoms with Gasteiger partial charge in [0.05, 0.1) is 5.56 Å². The Labute approximate surface area is 87.7 Å². The van der Waals surface area contributed by atoms with Crippen LogP contribution < -0.4 is 0 Å². The zero-order valence-corrected chi connectivity index (χ0v) is 8.80. The van der Waals surface area contributed by atoms with Crippen molar-refractivity contribution in [1.29, 1.82) is 0 Å². The molecular formula is C11H14F3N.